The Morgan fingerprint density at radius 3 is 2.32 bits per heavy atom. The number of anilines is 1. The first-order valence-electron chi connectivity index (χ1n) is 14.9. The molecule has 4 rings (SSSR count). The molecule has 1 unspecified atom stereocenters. The monoisotopic (exact) mass is 618 g/mol. The van der Waals surface area contributed by atoms with E-state index in [2.05, 4.69) is 20.3 Å². The second-order valence-corrected chi connectivity index (χ2v) is 14.1. The molecule has 4 heterocycles. The van der Waals surface area contributed by atoms with Crippen LogP contribution in [0.5, 0.6) is 0 Å². The average Bonchev–Trinajstić information content (AvgIpc) is 3.49. The molecule has 14 heteroatoms. The van der Waals surface area contributed by atoms with Gasteiger partial charge in [-0.25, -0.2) is 24.4 Å². The van der Waals surface area contributed by atoms with E-state index < -0.39 is 65.5 Å². The quantitative estimate of drug-likeness (QED) is 0.299. The Morgan fingerprint density at radius 2 is 1.70 bits per heavy atom. The number of aromatic nitrogens is 3. The van der Waals surface area contributed by atoms with Crippen molar-refractivity contribution in [3.05, 3.63) is 18.1 Å². The number of likely N-dealkylation sites (tertiary alicyclic amines) is 1. The maximum Gasteiger partial charge on any atom is 0.411 e. The highest BCUT2D eigenvalue weighted by atomic mass is 16.8. The fourth-order valence-corrected chi connectivity index (χ4v) is 5.55. The molecule has 2 amide bonds. The van der Waals surface area contributed by atoms with E-state index in [0.717, 1.165) is 0 Å². The van der Waals surface area contributed by atoms with Crippen molar-refractivity contribution >= 4 is 35.0 Å². The number of ether oxygens (including phenoxy) is 5. The summed E-state index contributed by atoms with van der Waals surface area (Å²) in [5.41, 5.74) is 6.17. The number of hydrogen-bond acceptors (Lipinski definition) is 11. The summed E-state index contributed by atoms with van der Waals surface area (Å²) in [6.45, 7) is 17.7. The lowest BCUT2D eigenvalue weighted by molar-refractivity contribution is -0.172. The summed E-state index contributed by atoms with van der Waals surface area (Å²) < 4.78 is 29.7. The van der Waals surface area contributed by atoms with E-state index in [-0.39, 0.29) is 18.3 Å². The first kappa shape index (κ1) is 33.2. The number of nitrogen functional groups attached to an aromatic ring is 1. The maximum atomic E-state index is 13.9. The van der Waals surface area contributed by atoms with Crippen molar-refractivity contribution < 1.29 is 38.1 Å². The molecule has 2 saturated heterocycles. The molecular formula is C30H46N6O8. The summed E-state index contributed by atoms with van der Waals surface area (Å²) in [7, 11) is 0. The van der Waals surface area contributed by atoms with Gasteiger partial charge < -0.3 is 39.7 Å². The molecule has 14 nitrogen and oxygen atoms in total. The lowest BCUT2D eigenvalue weighted by Crippen LogP contribution is -2.49. The van der Waals surface area contributed by atoms with Gasteiger partial charge in [-0.15, -0.1) is 0 Å². The van der Waals surface area contributed by atoms with Crippen LogP contribution in [0.1, 0.15) is 87.3 Å². The molecule has 0 bridgehead atoms. The zero-order valence-corrected chi connectivity index (χ0v) is 27.2. The summed E-state index contributed by atoms with van der Waals surface area (Å²) >= 11 is 0. The molecular weight excluding hydrogens is 572 g/mol. The van der Waals surface area contributed by atoms with E-state index >= 15 is 0 Å². The first-order valence-corrected chi connectivity index (χ1v) is 14.9. The standard InChI is InChI=1S/C30H46N6O8/c1-15(2)11-17(35-26(38)43-28(3,4)5)25(37)40-13-18-22-23(42-30(9,10)41-22)21(36(18)27(39)44-29(6,7)8)16-12-32-20-19(16)33-14-34-24(20)31/h12,14-15,17-18,21-23,32H,11,13H2,1-10H3,(H,35,38)(H2,31,33,34)/t17?,18-,21+,22-,23+/m1/s1. The molecule has 2 aromatic rings. The van der Waals surface area contributed by atoms with Gasteiger partial charge in [0.1, 0.15) is 47.9 Å². The molecule has 0 radical (unpaired) electrons. The molecule has 5 atom stereocenters. The van der Waals surface area contributed by atoms with Crippen LogP contribution in [0.15, 0.2) is 12.5 Å². The van der Waals surface area contributed by atoms with Crippen LogP contribution in [-0.4, -0.2) is 85.9 Å². The first-order chi connectivity index (χ1) is 20.3. The van der Waals surface area contributed by atoms with Gasteiger partial charge >= 0.3 is 18.2 Å². The fraction of sp³-hybridized carbons (Fsp3) is 0.700. The number of rotatable bonds is 7. The Bertz CT molecular complexity index is 1380. The summed E-state index contributed by atoms with van der Waals surface area (Å²) in [6.07, 6.45) is 0.638. The molecule has 0 spiro atoms. The van der Waals surface area contributed by atoms with Crippen molar-refractivity contribution in [1.29, 1.82) is 0 Å². The highest BCUT2D eigenvalue weighted by Gasteiger charge is 2.61. The lowest BCUT2D eigenvalue weighted by atomic mass is 10.0. The highest BCUT2D eigenvalue weighted by molar-refractivity contribution is 5.88. The Balaban J connectivity index is 1.68. The Hall–Kier alpha value is -3.65. The molecule has 0 aliphatic carbocycles. The van der Waals surface area contributed by atoms with Gasteiger partial charge in [-0.3, -0.25) is 4.90 Å². The number of nitrogens with two attached hydrogens (primary N) is 1. The molecule has 2 aromatic heterocycles. The molecule has 2 aliphatic heterocycles. The zero-order chi connectivity index (χ0) is 32.8. The summed E-state index contributed by atoms with van der Waals surface area (Å²) in [5.74, 6) is -1.35. The Kier molecular flexibility index (Phi) is 9.09. The largest absolute Gasteiger partial charge is 0.462 e. The lowest BCUT2D eigenvalue weighted by Gasteiger charge is -2.35. The van der Waals surface area contributed by atoms with Crippen molar-refractivity contribution in [3.8, 4) is 0 Å². The SMILES string of the molecule is CC(C)CC(NC(=O)OC(C)(C)C)C(=O)OC[C@@H]1[C@H]2OC(C)(C)O[C@H]2[C@H](c2c[nH]c3c(N)ncnc23)N1C(=O)OC(C)(C)C. The average molecular weight is 619 g/mol. The van der Waals surface area contributed by atoms with Gasteiger partial charge in [-0.2, -0.15) is 0 Å². The van der Waals surface area contributed by atoms with E-state index in [0.29, 0.717) is 23.0 Å². The third kappa shape index (κ3) is 7.52. The number of nitrogens with zero attached hydrogens (tertiary/aromatic N) is 3. The third-order valence-corrected chi connectivity index (χ3v) is 7.03. The number of esters is 1. The van der Waals surface area contributed by atoms with Crippen LogP contribution in [0, 0.1) is 5.92 Å². The summed E-state index contributed by atoms with van der Waals surface area (Å²) in [5, 5.41) is 2.63. The minimum atomic E-state index is -0.992. The minimum absolute atomic E-state index is 0.0599. The fourth-order valence-electron chi connectivity index (χ4n) is 5.55. The van der Waals surface area contributed by atoms with Crippen LogP contribution in [0.4, 0.5) is 15.4 Å². The predicted octanol–water partition coefficient (Wildman–Crippen LogP) is 4.20. The molecule has 244 valence electrons. The normalized spacial score (nSPS) is 23.8. The molecule has 2 aliphatic rings. The minimum Gasteiger partial charge on any atom is -0.462 e. The zero-order valence-electron chi connectivity index (χ0n) is 27.2. The van der Waals surface area contributed by atoms with E-state index in [9.17, 15) is 14.4 Å². The molecule has 0 aromatic carbocycles. The topological polar surface area (TPSA) is 180 Å². The maximum absolute atomic E-state index is 13.9. The van der Waals surface area contributed by atoms with E-state index in [1.54, 1.807) is 61.6 Å². The van der Waals surface area contributed by atoms with Crippen molar-refractivity contribution in [3.63, 3.8) is 0 Å². The van der Waals surface area contributed by atoms with Crippen LogP contribution in [0.25, 0.3) is 11.0 Å². The Morgan fingerprint density at radius 1 is 1.07 bits per heavy atom. The predicted molar refractivity (Wildman–Crippen MR) is 160 cm³/mol. The number of hydrogen-bond donors (Lipinski definition) is 3. The van der Waals surface area contributed by atoms with E-state index in [1.165, 1.54) is 11.2 Å². The van der Waals surface area contributed by atoms with Crippen LogP contribution in [0.3, 0.4) is 0 Å². The number of carbonyl (C=O) groups excluding carboxylic acids is 3. The summed E-state index contributed by atoms with van der Waals surface area (Å²) in [6, 6.07) is -2.52. The van der Waals surface area contributed by atoms with Crippen LogP contribution in [-0.2, 0) is 28.5 Å². The van der Waals surface area contributed by atoms with Crippen LogP contribution in [0.2, 0.25) is 0 Å². The van der Waals surface area contributed by atoms with Gasteiger partial charge in [-0.1, -0.05) is 13.8 Å². The molecule has 0 saturated carbocycles. The van der Waals surface area contributed by atoms with Crippen molar-refractivity contribution in [2.45, 2.75) is 123 Å². The van der Waals surface area contributed by atoms with E-state index in [1.807, 2.05) is 13.8 Å². The number of amides is 2. The smallest absolute Gasteiger partial charge is 0.411 e. The van der Waals surface area contributed by atoms with Crippen LogP contribution >= 0.6 is 0 Å². The van der Waals surface area contributed by atoms with Gasteiger partial charge in [0.05, 0.1) is 17.6 Å². The van der Waals surface area contributed by atoms with Gasteiger partial charge in [0.15, 0.2) is 11.6 Å². The van der Waals surface area contributed by atoms with Crippen molar-refractivity contribution in [2.24, 2.45) is 5.92 Å². The number of carbonyl (C=O) groups is 3. The molecule has 4 N–H and O–H groups in total. The van der Waals surface area contributed by atoms with Gasteiger partial charge in [0.25, 0.3) is 0 Å². The second-order valence-electron chi connectivity index (χ2n) is 14.1. The second kappa shape index (κ2) is 12.0. The number of alkyl carbamates (subject to hydrolysis) is 1. The van der Waals surface area contributed by atoms with Gasteiger partial charge in [0.2, 0.25) is 0 Å². The van der Waals surface area contributed by atoms with Crippen LogP contribution < -0.4 is 11.1 Å². The Labute approximate surface area is 257 Å². The van der Waals surface area contributed by atoms with Crippen molar-refractivity contribution in [1.82, 2.24) is 25.2 Å². The summed E-state index contributed by atoms with van der Waals surface area (Å²) in [4.78, 5) is 53.0. The highest BCUT2D eigenvalue weighted by Crippen LogP contribution is 2.49. The van der Waals surface area contributed by atoms with Crippen molar-refractivity contribution in [2.75, 3.05) is 12.3 Å². The number of nitrogens with one attached hydrogen (secondary N) is 2. The number of H-pyrrole nitrogens is 1. The molecule has 2 fully saturated rings. The number of aromatic amines is 1. The molecule has 44 heavy (non-hydrogen) atoms. The van der Waals surface area contributed by atoms with E-state index in [4.69, 9.17) is 29.4 Å². The van der Waals surface area contributed by atoms with Gasteiger partial charge in [-0.05, 0) is 67.7 Å². The third-order valence-electron chi connectivity index (χ3n) is 7.03. The van der Waals surface area contributed by atoms with Gasteiger partial charge in [0, 0.05) is 11.8 Å². The number of fused-ring (bicyclic) bond motifs is 2.